The Hall–Kier alpha value is -0.980. The SMILES string of the molecule is CC(C)(c1ccccc1)n1nnc([C@H]2CCC[I-]2)n1. The van der Waals surface area contributed by atoms with E-state index in [0.29, 0.717) is 3.92 Å². The van der Waals surface area contributed by atoms with Gasteiger partial charge in [0.1, 0.15) is 0 Å². The fourth-order valence-corrected chi connectivity index (χ4v) is 5.45. The van der Waals surface area contributed by atoms with Gasteiger partial charge in [0.05, 0.1) is 0 Å². The van der Waals surface area contributed by atoms with E-state index in [0.717, 1.165) is 5.82 Å². The normalized spacial score (nSPS) is 20.2. The summed E-state index contributed by atoms with van der Waals surface area (Å²) in [5, 5.41) is 13.3. The summed E-state index contributed by atoms with van der Waals surface area (Å²) in [5.41, 5.74) is 0.962. The zero-order valence-corrected chi connectivity index (χ0v) is 13.4. The second-order valence-corrected chi connectivity index (χ2v) is 8.78. The monoisotopic (exact) mass is 369 g/mol. The summed E-state index contributed by atoms with van der Waals surface area (Å²) < 4.78 is 2.03. The molecule has 1 aromatic carbocycles. The summed E-state index contributed by atoms with van der Waals surface area (Å²) >= 11 is 0.241. The molecule has 0 radical (unpaired) electrons. The molecule has 1 atom stereocenters. The molecule has 0 spiro atoms. The molecule has 0 saturated carbocycles. The van der Waals surface area contributed by atoms with Crippen molar-refractivity contribution >= 4 is 0 Å². The van der Waals surface area contributed by atoms with Gasteiger partial charge in [-0.05, 0) is 0 Å². The van der Waals surface area contributed by atoms with Gasteiger partial charge < -0.3 is 0 Å². The minimum atomic E-state index is -0.247. The van der Waals surface area contributed by atoms with Crippen LogP contribution in [-0.2, 0) is 5.54 Å². The third-order valence-corrected chi connectivity index (χ3v) is 7.20. The molecule has 5 heteroatoms. The number of tetrazole rings is 1. The molecule has 102 valence electrons. The topological polar surface area (TPSA) is 43.6 Å². The molecule has 2 heterocycles. The number of rotatable bonds is 3. The van der Waals surface area contributed by atoms with Gasteiger partial charge in [-0.1, -0.05) is 0 Å². The average molecular weight is 369 g/mol. The maximum atomic E-state index is 4.66. The Morgan fingerprint density at radius 2 is 2.05 bits per heavy atom. The van der Waals surface area contributed by atoms with E-state index < -0.39 is 0 Å². The van der Waals surface area contributed by atoms with E-state index in [9.17, 15) is 0 Å². The van der Waals surface area contributed by atoms with Gasteiger partial charge in [0, 0.05) is 0 Å². The van der Waals surface area contributed by atoms with Crippen LogP contribution in [0.4, 0.5) is 0 Å². The van der Waals surface area contributed by atoms with Crippen molar-refractivity contribution in [1.29, 1.82) is 0 Å². The number of aromatic nitrogens is 4. The Balaban J connectivity index is 1.89. The van der Waals surface area contributed by atoms with Crippen LogP contribution in [0.25, 0.3) is 0 Å². The van der Waals surface area contributed by atoms with Gasteiger partial charge in [0.25, 0.3) is 0 Å². The molecular weight excluding hydrogens is 351 g/mol. The molecule has 3 rings (SSSR count). The first-order chi connectivity index (χ1) is 9.18. The quantitative estimate of drug-likeness (QED) is 0.535. The van der Waals surface area contributed by atoms with Crippen LogP contribution in [0.2, 0.25) is 0 Å². The Kier molecular flexibility index (Phi) is 3.56. The third-order valence-electron chi connectivity index (χ3n) is 3.58. The molecular formula is C14H18IN4-. The second kappa shape index (κ2) is 5.19. The van der Waals surface area contributed by atoms with Crippen LogP contribution < -0.4 is 21.2 Å². The first-order valence-corrected chi connectivity index (χ1v) is 9.39. The van der Waals surface area contributed by atoms with E-state index in [1.165, 1.54) is 22.8 Å². The molecule has 2 aromatic rings. The Morgan fingerprint density at radius 3 is 2.74 bits per heavy atom. The van der Waals surface area contributed by atoms with Crippen LogP contribution in [0.1, 0.15) is 42.0 Å². The first-order valence-electron chi connectivity index (χ1n) is 6.61. The second-order valence-electron chi connectivity index (χ2n) is 5.32. The summed E-state index contributed by atoms with van der Waals surface area (Å²) in [7, 11) is 0. The van der Waals surface area contributed by atoms with Crippen molar-refractivity contribution in [1.82, 2.24) is 20.2 Å². The van der Waals surface area contributed by atoms with Crippen molar-refractivity contribution in [3.63, 3.8) is 0 Å². The summed E-state index contributed by atoms with van der Waals surface area (Å²) in [6, 6.07) is 10.4. The molecule has 0 unspecified atom stereocenters. The average Bonchev–Trinajstić information content (AvgIpc) is 3.10. The molecule has 1 aliphatic heterocycles. The Labute approximate surface area is 123 Å². The van der Waals surface area contributed by atoms with Crippen molar-refractivity contribution < 1.29 is 21.2 Å². The summed E-state index contributed by atoms with van der Waals surface area (Å²) in [4.78, 5) is 1.78. The van der Waals surface area contributed by atoms with E-state index >= 15 is 0 Å². The molecule has 0 bridgehead atoms. The summed E-state index contributed by atoms with van der Waals surface area (Å²) in [5.74, 6) is 0.967. The fourth-order valence-electron chi connectivity index (χ4n) is 2.29. The van der Waals surface area contributed by atoms with Gasteiger partial charge in [-0.3, -0.25) is 0 Å². The van der Waals surface area contributed by atoms with Crippen molar-refractivity contribution in [2.75, 3.05) is 4.43 Å². The van der Waals surface area contributed by atoms with Crippen LogP contribution in [0.3, 0.4) is 0 Å². The van der Waals surface area contributed by atoms with Crippen LogP contribution in [0.15, 0.2) is 30.3 Å². The summed E-state index contributed by atoms with van der Waals surface area (Å²) in [6.45, 7) is 4.27. The number of halogens is 1. The van der Waals surface area contributed by atoms with Crippen LogP contribution in [0, 0.1) is 0 Å². The minimum absolute atomic E-state index is 0.241. The van der Waals surface area contributed by atoms with Gasteiger partial charge in [0.15, 0.2) is 0 Å². The van der Waals surface area contributed by atoms with Crippen LogP contribution in [0.5, 0.6) is 0 Å². The molecule has 0 N–H and O–H groups in total. The molecule has 1 fully saturated rings. The molecule has 4 nitrogen and oxygen atoms in total. The van der Waals surface area contributed by atoms with E-state index in [-0.39, 0.29) is 26.7 Å². The molecule has 0 aliphatic carbocycles. The zero-order valence-electron chi connectivity index (χ0n) is 11.3. The van der Waals surface area contributed by atoms with Crippen molar-refractivity contribution in [2.24, 2.45) is 0 Å². The molecule has 1 aliphatic rings. The van der Waals surface area contributed by atoms with Crippen molar-refractivity contribution in [3.05, 3.63) is 41.7 Å². The van der Waals surface area contributed by atoms with E-state index in [4.69, 9.17) is 0 Å². The van der Waals surface area contributed by atoms with E-state index in [2.05, 4.69) is 53.5 Å². The van der Waals surface area contributed by atoms with E-state index in [1.807, 2.05) is 6.07 Å². The molecule has 19 heavy (non-hydrogen) atoms. The van der Waals surface area contributed by atoms with Gasteiger partial charge in [-0.15, -0.1) is 0 Å². The van der Waals surface area contributed by atoms with Gasteiger partial charge in [0.2, 0.25) is 0 Å². The van der Waals surface area contributed by atoms with Crippen molar-refractivity contribution in [2.45, 2.75) is 36.2 Å². The van der Waals surface area contributed by atoms with Crippen molar-refractivity contribution in [3.8, 4) is 0 Å². The van der Waals surface area contributed by atoms with Gasteiger partial charge in [-0.25, -0.2) is 0 Å². The number of benzene rings is 1. The van der Waals surface area contributed by atoms with Gasteiger partial charge in [-0.2, -0.15) is 0 Å². The van der Waals surface area contributed by atoms with Crippen LogP contribution in [-0.4, -0.2) is 24.6 Å². The first kappa shape index (κ1) is 13.0. The fraction of sp³-hybridized carbons (Fsp3) is 0.500. The number of hydrogen-bond acceptors (Lipinski definition) is 3. The maximum absolute atomic E-state index is 4.66. The molecule has 1 saturated heterocycles. The number of alkyl halides is 2. The predicted molar refractivity (Wildman–Crippen MR) is 69.5 cm³/mol. The third kappa shape index (κ3) is 2.52. The van der Waals surface area contributed by atoms with E-state index in [1.54, 1.807) is 4.80 Å². The van der Waals surface area contributed by atoms with Crippen LogP contribution >= 0.6 is 0 Å². The molecule has 0 amide bonds. The van der Waals surface area contributed by atoms with Gasteiger partial charge >= 0.3 is 124 Å². The molecule has 1 aromatic heterocycles. The zero-order chi connectivity index (χ0) is 13.3. The Morgan fingerprint density at radius 1 is 1.26 bits per heavy atom. The number of hydrogen-bond donors (Lipinski definition) is 0. The standard InChI is InChI=1S/C14H18IN4/c1-14(2,11-7-4-3-5-8-11)19-17-13(16-18-19)12-9-6-10-15-12/h3-5,7-8,12H,6,9-10H2,1-2H3/q-1/t12-/m1/s1. The summed E-state index contributed by atoms with van der Waals surface area (Å²) in [6.07, 6.45) is 2.60. The number of nitrogens with zero attached hydrogens (tertiary/aromatic N) is 4. The predicted octanol–water partition coefficient (Wildman–Crippen LogP) is -0.620. The Bertz CT molecular complexity index is 544.